The van der Waals surface area contributed by atoms with Crippen molar-refractivity contribution in [2.45, 2.75) is 32.9 Å². The van der Waals surface area contributed by atoms with Gasteiger partial charge in [-0.1, -0.05) is 23.8 Å². The quantitative estimate of drug-likeness (QED) is 0.900. The van der Waals surface area contributed by atoms with E-state index in [2.05, 4.69) is 44.3 Å². The highest BCUT2D eigenvalue weighted by Gasteiger charge is 2.26. The van der Waals surface area contributed by atoms with Crippen LogP contribution in [0.5, 0.6) is 11.5 Å². The van der Waals surface area contributed by atoms with E-state index < -0.39 is 0 Å². The van der Waals surface area contributed by atoms with Crippen LogP contribution in [-0.4, -0.2) is 11.7 Å². The smallest absolute Gasteiger partial charge is 0.127 e. The van der Waals surface area contributed by atoms with Crippen molar-refractivity contribution in [2.75, 3.05) is 6.61 Å². The third-order valence-electron chi connectivity index (χ3n) is 4.13. The predicted molar refractivity (Wildman–Crippen MR) is 83.8 cm³/mol. The highest BCUT2D eigenvalue weighted by molar-refractivity contribution is 5.44. The number of phenolic OH excluding ortho intramolecular Hbond substituents is 1. The molecule has 2 unspecified atom stereocenters. The molecule has 110 valence electrons. The van der Waals surface area contributed by atoms with Crippen LogP contribution in [0, 0.1) is 13.8 Å². The van der Waals surface area contributed by atoms with E-state index in [1.165, 1.54) is 16.7 Å². The van der Waals surface area contributed by atoms with Gasteiger partial charge in [-0.3, -0.25) is 0 Å². The summed E-state index contributed by atoms with van der Waals surface area (Å²) < 4.78 is 5.66. The van der Waals surface area contributed by atoms with Gasteiger partial charge in [-0.15, -0.1) is 0 Å². The summed E-state index contributed by atoms with van der Waals surface area (Å²) in [5.74, 6) is 1.03. The molecule has 3 heteroatoms. The van der Waals surface area contributed by atoms with E-state index in [4.69, 9.17) is 4.74 Å². The second-order valence-corrected chi connectivity index (χ2v) is 5.83. The predicted octanol–water partition coefficient (Wildman–Crippen LogP) is 3.79. The van der Waals surface area contributed by atoms with Crippen LogP contribution in [0.25, 0.3) is 0 Å². The Morgan fingerprint density at radius 2 is 2.00 bits per heavy atom. The zero-order valence-corrected chi connectivity index (χ0v) is 12.7. The van der Waals surface area contributed by atoms with Gasteiger partial charge in [-0.05, 0) is 44.0 Å². The first-order chi connectivity index (χ1) is 10.0. The molecule has 0 saturated heterocycles. The number of rotatable bonds is 3. The Hall–Kier alpha value is -2.00. The molecule has 2 aromatic carbocycles. The molecule has 0 radical (unpaired) electrons. The first-order valence-electron chi connectivity index (χ1n) is 7.33. The van der Waals surface area contributed by atoms with Crippen molar-refractivity contribution in [1.29, 1.82) is 0 Å². The number of nitrogens with one attached hydrogen (secondary N) is 1. The van der Waals surface area contributed by atoms with Crippen LogP contribution in [0.2, 0.25) is 0 Å². The molecule has 1 aliphatic rings. The zero-order valence-electron chi connectivity index (χ0n) is 12.7. The molecule has 3 nitrogen and oxygen atoms in total. The standard InChI is InChI=1S/C18H21NO2/c1-11-4-5-12(2)16(8-11)13(3)19-17-10-21-18-9-14(20)6-7-15(17)18/h4-9,13,17,19-20H,10H2,1-3H3. The van der Waals surface area contributed by atoms with Crippen molar-refractivity contribution in [1.82, 2.24) is 5.32 Å². The maximum atomic E-state index is 9.51. The second-order valence-electron chi connectivity index (χ2n) is 5.83. The lowest BCUT2D eigenvalue weighted by Crippen LogP contribution is -2.26. The van der Waals surface area contributed by atoms with Gasteiger partial charge < -0.3 is 15.2 Å². The first-order valence-corrected chi connectivity index (χ1v) is 7.33. The van der Waals surface area contributed by atoms with Gasteiger partial charge >= 0.3 is 0 Å². The molecule has 0 amide bonds. The van der Waals surface area contributed by atoms with E-state index in [0.717, 1.165) is 11.3 Å². The van der Waals surface area contributed by atoms with Crippen LogP contribution in [0.4, 0.5) is 0 Å². The molecule has 0 saturated carbocycles. The van der Waals surface area contributed by atoms with Gasteiger partial charge in [0.15, 0.2) is 0 Å². The maximum Gasteiger partial charge on any atom is 0.127 e. The molecule has 2 aromatic rings. The number of aryl methyl sites for hydroxylation is 2. The van der Waals surface area contributed by atoms with Crippen molar-refractivity contribution in [2.24, 2.45) is 0 Å². The van der Waals surface area contributed by atoms with Crippen LogP contribution in [-0.2, 0) is 0 Å². The molecular formula is C18H21NO2. The van der Waals surface area contributed by atoms with Crippen LogP contribution in [0.3, 0.4) is 0 Å². The Balaban J connectivity index is 1.81. The molecule has 3 rings (SSSR count). The zero-order chi connectivity index (χ0) is 15.0. The molecule has 1 aliphatic heterocycles. The maximum absolute atomic E-state index is 9.51. The Bertz CT molecular complexity index is 666. The molecule has 21 heavy (non-hydrogen) atoms. The van der Waals surface area contributed by atoms with E-state index in [9.17, 15) is 5.11 Å². The highest BCUT2D eigenvalue weighted by atomic mass is 16.5. The number of hydrogen-bond acceptors (Lipinski definition) is 3. The molecule has 0 fully saturated rings. The van der Waals surface area contributed by atoms with Crippen LogP contribution < -0.4 is 10.1 Å². The Labute approximate surface area is 125 Å². The van der Waals surface area contributed by atoms with Gasteiger partial charge in [0.2, 0.25) is 0 Å². The van der Waals surface area contributed by atoms with E-state index in [1.807, 2.05) is 6.07 Å². The van der Waals surface area contributed by atoms with E-state index in [1.54, 1.807) is 12.1 Å². The highest BCUT2D eigenvalue weighted by Crippen LogP contribution is 2.36. The molecule has 1 heterocycles. The third kappa shape index (κ3) is 2.74. The molecule has 0 spiro atoms. The number of benzene rings is 2. The monoisotopic (exact) mass is 283 g/mol. The molecule has 0 bridgehead atoms. The SMILES string of the molecule is Cc1ccc(C)c(C(C)NC2COc3cc(O)ccc32)c1. The van der Waals surface area contributed by atoms with Gasteiger partial charge in [0.1, 0.15) is 18.1 Å². The summed E-state index contributed by atoms with van der Waals surface area (Å²) in [5, 5.41) is 13.1. The fourth-order valence-electron chi connectivity index (χ4n) is 2.95. The largest absolute Gasteiger partial charge is 0.508 e. The van der Waals surface area contributed by atoms with Crippen molar-refractivity contribution in [3.05, 3.63) is 58.7 Å². The second kappa shape index (κ2) is 5.41. The van der Waals surface area contributed by atoms with Crippen molar-refractivity contribution < 1.29 is 9.84 Å². The lowest BCUT2D eigenvalue weighted by Gasteiger charge is -2.21. The minimum atomic E-state index is 0.163. The van der Waals surface area contributed by atoms with E-state index in [0.29, 0.717) is 6.61 Å². The minimum Gasteiger partial charge on any atom is -0.508 e. The first kappa shape index (κ1) is 14.0. The number of hydrogen-bond donors (Lipinski definition) is 2. The average molecular weight is 283 g/mol. The Morgan fingerprint density at radius 3 is 2.81 bits per heavy atom. The van der Waals surface area contributed by atoms with Gasteiger partial charge in [-0.2, -0.15) is 0 Å². The summed E-state index contributed by atoms with van der Waals surface area (Å²) in [6.07, 6.45) is 0. The fraction of sp³-hybridized carbons (Fsp3) is 0.333. The van der Waals surface area contributed by atoms with E-state index >= 15 is 0 Å². The fourth-order valence-corrected chi connectivity index (χ4v) is 2.95. The number of aromatic hydroxyl groups is 1. The number of phenols is 1. The lowest BCUT2D eigenvalue weighted by atomic mass is 9.98. The number of ether oxygens (including phenoxy) is 1. The van der Waals surface area contributed by atoms with Crippen LogP contribution >= 0.6 is 0 Å². The lowest BCUT2D eigenvalue weighted by molar-refractivity contribution is 0.300. The summed E-state index contributed by atoms with van der Waals surface area (Å²) in [6.45, 7) is 7.05. The van der Waals surface area contributed by atoms with Crippen LogP contribution in [0.1, 0.15) is 41.3 Å². The van der Waals surface area contributed by atoms with Gasteiger partial charge in [0.05, 0.1) is 6.04 Å². The summed E-state index contributed by atoms with van der Waals surface area (Å²) in [4.78, 5) is 0. The summed E-state index contributed by atoms with van der Waals surface area (Å²) in [5.41, 5.74) is 5.01. The summed E-state index contributed by atoms with van der Waals surface area (Å²) in [6, 6.07) is 12.3. The number of fused-ring (bicyclic) bond motifs is 1. The molecule has 2 atom stereocenters. The molecule has 0 aliphatic carbocycles. The molecule has 0 aromatic heterocycles. The summed E-state index contributed by atoms with van der Waals surface area (Å²) in [7, 11) is 0. The topological polar surface area (TPSA) is 41.5 Å². The van der Waals surface area contributed by atoms with Crippen LogP contribution in [0.15, 0.2) is 36.4 Å². The minimum absolute atomic E-state index is 0.163. The van der Waals surface area contributed by atoms with Gasteiger partial charge in [-0.25, -0.2) is 0 Å². The Morgan fingerprint density at radius 1 is 1.19 bits per heavy atom. The molecule has 2 N–H and O–H groups in total. The average Bonchev–Trinajstić information content (AvgIpc) is 2.83. The third-order valence-corrected chi connectivity index (χ3v) is 4.13. The van der Waals surface area contributed by atoms with Crippen molar-refractivity contribution >= 4 is 0 Å². The van der Waals surface area contributed by atoms with E-state index in [-0.39, 0.29) is 17.8 Å². The van der Waals surface area contributed by atoms with Gasteiger partial charge in [0.25, 0.3) is 0 Å². The normalized spacial score (nSPS) is 18.1. The van der Waals surface area contributed by atoms with Gasteiger partial charge in [0, 0.05) is 17.7 Å². The Kier molecular flexibility index (Phi) is 3.60. The summed E-state index contributed by atoms with van der Waals surface area (Å²) >= 11 is 0. The molecular weight excluding hydrogens is 262 g/mol. The van der Waals surface area contributed by atoms with Crippen molar-refractivity contribution in [3.8, 4) is 11.5 Å². The van der Waals surface area contributed by atoms with Crippen molar-refractivity contribution in [3.63, 3.8) is 0 Å².